The van der Waals surface area contributed by atoms with Gasteiger partial charge < -0.3 is 5.32 Å². The number of fused-ring (bicyclic) bond motifs is 1. The summed E-state index contributed by atoms with van der Waals surface area (Å²) in [5.41, 5.74) is 1.70. The summed E-state index contributed by atoms with van der Waals surface area (Å²) >= 11 is 0. The molecule has 0 aliphatic heterocycles. The largest absolute Gasteiger partial charge is 0.323 e. The maximum Gasteiger partial charge on any atom is 0.161 e. The fourth-order valence-corrected chi connectivity index (χ4v) is 1.65. The molecule has 0 amide bonds. The summed E-state index contributed by atoms with van der Waals surface area (Å²) in [6.45, 7) is 3.78. The van der Waals surface area contributed by atoms with Crippen molar-refractivity contribution in [1.82, 2.24) is 30.4 Å². The molecule has 17 heavy (non-hydrogen) atoms. The van der Waals surface area contributed by atoms with Crippen molar-refractivity contribution in [3.05, 3.63) is 23.8 Å². The van der Waals surface area contributed by atoms with Crippen LogP contribution in [-0.4, -0.2) is 30.4 Å². The fraction of sp³-hybridized carbons (Fsp3) is 0.200. The van der Waals surface area contributed by atoms with Crippen LogP contribution in [0.3, 0.4) is 0 Å². The first-order valence-electron chi connectivity index (χ1n) is 5.19. The molecule has 0 radical (unpaired) electrons. The van der Waals surface area contributed by atoms with Crippen molar-refractivity contribution >= 4 is 22.7 Å². The summed E-state index contributed by atoms with van der Waals surface area (Å²) in [5.74, 6) is 2.10. The first kappa shape index (κ1) is 9.76. The molecule has 0 aliphatic carbocycles. The SMILES string of the molecule is Cc1nc(Nc2cc(C)[nH]n2)c2cn[nH]c2n1. The van der Waals surface area contributed by atoms with Gasteiger partial charge in [0.15, 0.2) is 11.5 Å². The Labute approximate surface area is 96.7 Å². The smallest absolute Gasteiger partial charge is 0.161 e. The normalized spacial score (nSPS) is 10.9. The van der Waals surface area contributed by atoms with Gasteiger partial charge in [0.25, 0.3) is 0 Å². The molecule has 3 heterocycles. The summed E-state index contributed by atoms with van der Waals surface area (Å²) < 4.78 is 0. The number of nitrogens with one attached hydrogen (secondary N) is 3. The lowest BCUT2D eigenvalue weighted by Gasteiger charge is -2.03. The van der Waals surface area contributed by atoms with Crippen molar-refractivity contribution in [3.8, 4) is 0 Å². The standard InChI is InChI=1S/C10H11N7/c1-5-3-8(16-15-5)14-9-7-4-11-17-10(7)13-6(2)12-9/h3-4H,1-2H3,(H3,11,12,13,14,15,16,17). The van der Waals surface area contributed by atoms with Crippen LogP contribution in [0.15, 0.2) is 12.3 Å². The van der Waals surface area contributed by atoms with E-state index in [1.807, 2.05) is 19.9 Å². The Morgan fingerprint density at radius 3 is 2.82 bits per heavy atom. The Kier molecular flexibility index (Phi) is 2.04. The number of aromatic nitrogens is 6. The monoisotopic (exact) mass is 229 g/mol. The van der Waals surface area contributed by atoms with Crippen LogP contribution in [0.25, 0.3) is 11.0 Å². The molecule has 0 aromatic carbocycles. The van der Waals surface area contributed by atoms with E-state index in [9.17, 15) is 0 Å². The lowest BCUT2D eigenvalue weighted by Crippen LogP contribution is -1.98. The van der Waals surface area contributed by atoms with Crippen molar-refractivity contribution < 1.29 is 0 Å². The molecule has 0 fully saturated rings. The molecule has 3 N–H and O–H groups in total. The molecule has 7 nitrogen and oxygen atoms in total. The predicted molar refractivity (Wildman–Crippen MR) is 63.0 cm³/mol. The number of hydrogen-bond donors (Lipinski definition) is 3. The van der Waals surface area contributed by atoms with Crippen molar-refractivity contribution in [3.63, 3.8) is 0 Å². The zero-order chi connectivity index (χ0) is 11.8. The Morgan fingerprint density at radius 2 is 2.06 bits per heavy atom. The highest BCUT2D eigenvalue weighted by Crippen LogP contribution is 2.21. The molecule has 0 atom stereocenters. The zero-order valence-electron chi connectivity index (χ0n) is 9.44. The molecule has 0 unspecified atom stereocenters. The highest BCUT2D eigenvalue weighted by atomic mass is 15.2. The van der Waals surface area contributed by atoms with Gasteiger partial charge in [-0.2, -0.15) is 10.2 Å². The summed E-state index contributed by atoms with van der Waals surface area (Å²) in [6, 6.07) is 1.91. The van der Waals surface area contributed by atoms with E-state index in [1.54, 1.807) is 6.20 Å². The Morgan fingerprint density at radius 1 is 1.18 bits per heavy atom. The van der Waals surface area contributed by atoms with Crippen LogP contribution >= 0.6 is 0 Å². The lowest BCUT2D eigenvalue weighted by atomic mass is 10.3. The van der Waals surface area contributed by atoms with Crippen LogP contribution in [0, 0.1) is 13.8 Å². The third kappa shape index (κ3) is 1.71. The van der Waals surface area contributed by atoms with Gasteiger partial charge in [-0.1, -0.05) is 0 Å². The molecule has 3 rings (SSSR count). The number of rotatable bonds is 2. The Bertz CT molecular complexity index is 666. The van der Waals surface area contributed by atoms with Crippen LogP contribution in [0.5, 0.6) is 0 Å². The van der Waals surface area contributed by atoms with Crippen LogP contribution < -0.4 is 5.32 Å². The number of hydrogen-bond acceptors (Lipinski definition) is 5. The minimum Gasteiger partial charge on any atom is -0.323 e. The molecule has 0 saturated carbocycles. The van der Waals surface area contributed by atoms with Gasteiger partial charge in [-0.25, -0.2) is 9.97 Å². The molecule has 0 bridgehead atoms. The summed E-state index contributed by atoms with van der Waals surface area (Å²) in [5, 5.41) is 17.7. The van der Waals surface area contributed by atoms with Gasteiger partial charge in [-0.15, -0.1) is 0 Å². The number of anilines is 2. The molecular weight excluding hydrogens is 218 g/mol. The molecular formula is C10H11N7. The summed E-state index contributed by atoms with van der Waals surface area (Å²) in [4.78, 5) is 8.59. The average molecular weight is 229 g/mol. The summed E-state index contributed by atoms with van der Waals surface area (Å²) in [7, 11) is 0. The van der Waals surface area contributed by atoms with Gasteiger partial charge in [0.2, 0.25) is 0 Å². The maximum atomic E-state index is 4.34. The summed E-state index contributed by atoms with van der Waals surface area (Å²) in [6.07, 6.45) is 1.69. The molecule has 0 saturated heterocycles. The van der Waals surface area contributed by atoms with E-state index < -0.39 is 0 Å². The van der Waals surface area contributed by atoms with Crippen LogP contribution in [0.1, 0.15) is 11.5 Å². The van der Waals surface area contributed by atoms with Gasteiger partial charge in [-0.05, 0) is 13.8 Å². The maximum absolute atomic E-state index is 4.34. The number of aromatic amines is 2. The Hall–Kier alpha value is -2.44. The second kappa shape index (κ2) is 3.55. The minimum atomic E-state index is 0.677. The lowest BCUT2D eigenvalue weighted by molar-refractivity contribution is 1.04. The second-order valence-electron chi connectivity index (χ2n) is 3.81. The molecule has 0 aliphatic rings. The van der Waals surface area contributed by atoms with Gasteiger partial charge in [0.05, 0.1) is 11.6 Å². The van der Waals surface area contributed by atoms with Gasteiger partial charge in [0.1, 0.15) is 11.6 Å². The third-order valence-corrected chi connectivity index (χ3v) is 2.37. The molecule has 0 spiro atoms. The average Bonchev–Trinajstić information content (AvgIpc) is 2.87. The van der Waals surface area contributed by atoms with Gasteiger partial charge >= 0.3 is 0 Å². The van der Waals surface area contributed by atoms with E-state index in [1.165, 1.54) is 0 Å². The topological polar surface area (TPSA) is 95.2 Å². The highest BCUT2D eigenvalue weighted by Gasteiger charge is 2.08. The van der Waals surface area contributed by atoms with E-state index in [0.29, 0.717) is 17.3 Å². The van der Waals surface area contributed by atoms with E-state index in [2.05, 4.69) is 35.7 Å². The zero-order valence-corrected chi connectivity index (χ0v) is 9.44. The number of H-pyrrole nitrogens is 2. The second-order valence-corrected chi connectivity index (χ2v) is 3.81. The van der Waals surface area contributed by atoms with Crippen molar-refractivity contribution in [2.45, 2.75) is 13.8 Å². The first-order chi connectivity index (χ1) is 8.22. The van der Waals surface area contributed by atoms with Crippen LogP contribution in [0.4, 0.5) is 11.6 Å². The van der Waals surface area contributed by atoms with Crippen molar-refractivity contribution in [2.75, 3.05) is 5.32 Å². The van der Waals surface area contributed by atoms with E-state index >= 15 is 0 Å². The van der Waals surface area contributed by atoms with E-state index in [-0.39, 0.29) is 0 Å². The van der Waals surface area contributed by atoms with E-state index in [0.717, 1.165) is 16.9 Å². The number of aryl methyl sites for hydroxylation is 2. The Balaban J connectivity index is 2.07. The van der Waals surface area contributed by atoms with E-state index in [4.69, 9.17) is 0 Å². The fourth-order valence-electron chi connectivity index (χ4n) is 1.65. The number of nitrogens with zero attached hydrogens (tertiary/aromatic N) is 4. The molecule has 86 valence electrons. The van der Waals surface area contributed by atoms with Crippen LogP contribution in [0.2, 0.25) is 0 Å². The third-order valence-electron chi connectivity index (χ3n) is 2.37. The van der Waals surface area contributed by atoms with Crippen molar-refractivity contribution in [2.24, 2.45) is 0 Å². The minimum absolute atomic E-state index is 0.677. The molecule has 3 aromatic rings. The van der Waals surface area contributed by atoms with Gasteiger partial charge in [0, 0.05) is 11.8 Å². The van der Waals surface area contributed by atoms with Gasteiger partial charge in [-0.3, -0.25) is 10.2 Å². The molecule has 3 aromatic heterocycles. The first-order valence-corrected chi connectivity index (χ1v) is 5.19. The van der Waals surface area contributed by atoms with Crippen LogP contribution in [-0.2, 0) is 0 Å². The molecule has 7 heteroatoms. The van der Waals surface area contributed by atoms with Crippen molar-refractivity contribution in [1.29, 1.82) is 0 Å². The highest BCUT2D eigenvalue weighted by molar-refractivity contribution is 5.87. The quantitative estimate of drug-likeness (QED) is 0.618. The predicted octanol–water partition coefficient (Wildman–Crippen LogP) is 1.44.